The molecule has 0 bridgehead atoms. The number of benzene rings is 4. The van der Waals surface area contributed by atoms with Crippen LogP contribution in [0, 0.1) is 53.9 Å². The van der Waals surface area contributed by atoms with Crippen molar-refractivity contribution in [3.8, 4) is 34.2 Å². The second-order valence-corrected chi connectivity index (χ2v) is 16.9. The Bertz CT molecular complexity index is 2620. The van der Waals surface area contributed by atoms with Gasteiger partial charge in [-0.2, -0.15) is 0 Å². The molecule has 0 fully saturated rings. The Kier molecular flexibility index (Phi) is 26.6. The number of pyridine rings is 2. The maximum atomic E-state index is 3.56. The Morgan fingerprint density at radius 2 is 0.638 bits per heavy atom. The molecule has 0 saturated heterocycles. The quantitative estimate of drug-likeness (QED) is 0.0751. The van der Waals surface area contributed by atoms with Crippen molar-refractivity contribution in [3.05, 3.63) is 228 Å². The third-order valence-electron chi connectivity index (χ3n) is 11.5. The van der Waals surface area contributed by atoms with Gasteiger partial charge in [0.25, 0.3) is 0 Å². The van der Waals surface area contributed by atoms with Gasteiger partial charge in [-0.3, -0.25) is 8.80 Å². The van der Waals surface area contributed by atoms with Gasteiger partial charge in [-0.25, -0.2) is 0 Å². The SMILES string of the molecule is C1=C\CC/C=C\CC/1.C1=C\CC/C=C\CC/1.Cc1cc(C)c(-[n+]2[c-]c3ccccn3c2-c2ccccc2)c(C)c1.Cc1cc(C)c(-[n+]2[c-]c3ccccn3c2-c2ccccc2)c(C)c1.O.[Cl-].[Cl-].[Rh].[Rh]. The number of imidazole rings is 2. The van der Waals surface area contributed by atoms with Crippen molar-refractivity contribution in [2.24, 2.45) is 0 Å². The molecular weight excluding hydrogens is 1070 g/mol. The molecule has 5 nitrogen and oxygen atoms in total. The van der Waals surface area contributed by atoms with Crippen LogP contribution in [0.15, 0.2) is 182 Å². The summed E-state index contributed by atoms with van der Waals surface area (Å²) >= 11 is 0. The van der Waals surface area contributed by atoms with Crippen LogP contribution in [0.2, 0.25) is 0 Å². The van der Waals surface area contributed by atoms with Gasteiger partial charge in [-0.1, -0.05) is 169 Å². The van der Waals surface area contributed by atoms with E-state index in [1.165, 1.54) is 107 Å². The molecule has 0 aliphatic heterocycles. The summed E-state index contributed by atoms with van der Waals surface area (Å²) < 4.78 is 8.81. The first-order valence-corrected chi connectivity index (χ1v) is 23.1. The summed E-state index contributed by atoms with van der Waals surface area (Å²) in [6, 6.07) is 42.4. The van der Waals surface area contributed by atoms with Gasteiger partial charge in [0.15, 0.2) is 0 Å². The van der Waals surface area contributed by atoms with E-state index in [0.717, 1.165) is 22.7 Å². The average Bonchev–Trinajstić information content (AvgIpc) is 3.83. The Hall–Kier alpha value is -4.99. The van der Waals surface area contributed by atoms with Crippen molar-refractivity contribution < 1.29 is 78.4 Å². The van der Waals surface area contributed by atoms with Crippen molar-refractivity contribution in [3.63, 3.8) is 0 Å². The number of allylic oxidation sites excluding steroid dienone is 8. The second-order valence-electron chi connectivity index (χ2n) is 16.9. The predicted octanol–water partition coefficient (Wildman–Crippen LogP) is 7.74. The van der Waals surface area contributed by atoms with Crippen molar-refractivity contribution in [1.29, 1.82) is 0 Å². The molecule has 4 aromatic heterocycles. The van der Waals surface area contributed by atoms with Crippen molar-refractivity contribution in [2.75, 3.05) is 0 Å². The second kappa shape index (κ2) is 30.6. The van der Waals surface area contributed by atoms with Crippen LogP contribution in [-0.4, -0.2) is 14.3 Å². The molecule has 4 heterocycles. The van der Waals surface area contributed by atoms with Crippen LogP contribution in [0.5, 0.6) is 0 Å². The minimum absolute atomic E-state index is 0. The molecule has 0 unspecified atom stereocenters. The maximum absolute atomic E-state index is 3.56. The zero-order chi connectivity index (χ0) is 44.7. The molecule has 0 amide bonds. The first-order chi connectivity index (χ1) is 31.3. The third kappa shape index (κ3) is 16.0. The van der Waals surface area contributed by atoms with Gasteiger partial charge < -0.3 is 39.4 Å². The van der Waals surface area contributed by atoms with E-state index in [9.17, 15) is 0 Å². The van der Waals surface area contributed by atoms with Crippen molar-refractivity contribution >= 4 is 11.0 Å². The smallest absolute Gasteiger partial charge is 0.218 e. The van der Waals surface area contributed by atoms with Crippen LogP contribution in [0.4, 0.5) is 0 Å². The molecule has 2 N–H and O–H groups in total. The fourth-order valence-electron chi connectivity index (χ4n) is 8.79. The first-order valence-electron chi connectivity index (χ1n) is 23.1. The molecule has 0 atom stereocenters. The summed E-state index contributed by atoms with van der Waals surface area (Å²) in [6.07, 6.45) is 39.3. The van der Waals surface area contributed by atoms with E-state index in [1.54, 1.807) is 0 Å². The monoisotopic (exact) mass is 1130 g/mol. The molecular formula is C60H66Cl2N4ORh2-2. The summed E-state index contributed by atoms with van der Waals surface area (Å²) in [5, 5.41) is 0. The van der Waals surface area contributed by atoms with E-state index in [-0.39, 0.29) is 69.2 Å². The summed E-state index contributed by atoms with van der Waals surface area (Å²) in [7, 11) is 0. The molecule has 0 saturated carbocycles. The predicted molar refractivity (Wildman–Crippen MR) is 272 cm³/mol. The number of nitrogens with zero attached hydrogens (tertiary/aromatic N) is 4. The van der Waals surface area contributed by atoms with Gasteiger partial charge in [0.1, 0.15) is 0 Å². The minimum atomic E-state index is 0. The summed E-state index contributed by atoms with van der Waals surface area (Å²) in [4.78, 5) is 0. The molecule has 2 aliphatic carbocycles. The topological polar surface area (TPSA) is 48.1 Å². The molecule has 9 heteroatoms. The normalized spacial score (nSPS) is 14.2. The number of aromatic nitrogens is 4. The number of rotatable bonds is 4. The van der Waals surface area contributed by atoms with E-state index in [2.05, 4.69) is 254 Å². The van der Waals surface area contributed by atoms with Crippen molar-refractivity contribution in [1.82, 2.24) is 8.80 Å². The van der Waals surface area contributed by atoms with E-state index in [0.29, 0.717) is 0 Å². The summed E-state index contributed by atoms with van der Waals surface area (Å²) in [5.41, 5.74) is 14.6. The van der Waals surface area contributed by atoms with Crippen LogP contribution in [0.3, 0.4) is 0 Å². The molecule has 10 rings (SSSR count). The maximum Gasteiger partial charge on any atom is 0.218 e. The largest absolute Gasteiger partial charge is 1.00 e. The number of aryl methyl sites for hydroxylation is 6. The van der Waals surface area contributed by atoms with Crippen LogP contribution >= 0.6 is 0 Å². The van der Waals surface area contributed by atoms with Crippen molar-refractivity contribution in [2.45, 2.75) is 92.9 Å². The first kappa shape index (κ1) is 60.1. The van der Waals surface area contributed by atoms with Gasteiger partial charge in [0.05, 0.1) is 47.2 Å². The zero-order valence-electron chi connectivity index (χ0n) is 40.7. The Labute approximate surface area is 450 Å². The number of fused-ring (bicyclic) bond motifs is 2. The molecule has 8 aromatic rings. The fourth-order valence-corrected chi connectivity index (χ4v) is 8.79. The van der Waals surface area contributed by atoms with Crippen LogP contribution < -0.4 is 33.9 Å². The van der Waals surface area contributed by atoms with Crippen LogP contribution in [0.25, 0.3) is 45.2 Å². The van der Waals surface area contributed by atoms with Gasteiger partial charge in [0, 0.05) is 50.1 Å². The number of hydrogen-bond donors (Lipinski definition) is 0. The van der Waals surface area contributed by atoms with Gasteiger partial charge in [0.2, 0.25) is 11.6 Å². The van der Waals surface area contributed by atoms with E-state index in [4.69, 9.17) is 0 Å². The van der Waals surface area contributed by atoms with Gasteiger partial charge in [-0.15, -0.1) is 0 Å². The standard InChI is InChI=1S/2C22H20N2.2C8H12.2ClH.H2O.2Rh/c2*1-16-13-17(2)21(18(3)14-16)24-15-20-11-7-8-12-23(20)22(24)19-9-5-4-6-10-19;2*1-2-4-6-8-7-5-3-1;;;;;/h2*4-14H,1-3H3;2*1-2,7-8H,3-6H2;2*1H;1H2;;/p-2/b;;2*2-1-,8-7-;;;;;. The van der Waals surface area contributed by atoms with Crippen LogP contribution in [-0.2, 0) is 39.0 Å². The molecule has 69 heavy (non-hydrogen) atoms. The Morgan fingerprint density at radius 1 is 0.377 bits per heavy atom. The number of hydrogen-bond acceptors (Lipinski definition) is 0. The van der Waals surface area contributed by atoms with Crippen LogP contribution in [0.1, 0.15) is 84.7 Å². The minimum Gasteiger partial charge on any atom is -1.00 e. The van der Waals surface area contributed by atoms with E-state index in [1.807, 2.05) is 0 Å². The third-order valence-corrected chi connectivity index (χ3v) is 11.5. The van der Waals surface area contributed by atoms with E-state index < -0.39 is 0 Å². The van der Waals surface area contributed by atoms with Gasteiger partial charge in [-0.05, 0) is 127 Å². The fraction of sp³-hybridized carbons (Fsp3) is 0.233. The Balaban J connectivity index is 0.000000341. The molecule has 2 radical (unpaired) electrons. The van der Waals surface area contributed by atoms with Gasteiger partial charge >= 0.3 is 0 Å². The van der Waals surface area contributed by atoms with E-state index >= 15 is 0 Å². The average molecular weight is 1140 g/mol. The summed E-state index contributed by atoms with van der Waals surface area (Å²) in [6.45, 7) is 13.0. The zero-order valence-corrected chi connectivity index (χ0v) is 45.5. The summed E-state index contributed by atoms with van der Waals surface area (Å²) in [5.74, 6) is 2.25. The molecule has 0 spiro atoms. The molecule has 4 aromatic carbocycles. The number of halogens is 2. The Morgan fingerprint density at radius 3 is 0.913 bits per heavy atom. The molecule has 366 valence electrons. The molecule has 2 aliphatic rings.